The molecule has 2 aliphatic rings. The fraction of sp³-hybridized carbons (Fsp3) is 0.500. The van der Waals surface area contributed by atoms with Crippen LogP contribution in [-0.2, 0) is 36.8 Å². The molecule has 5 rings (SSSR count). The number of amides is 4. The Labute approximate surface area is 454 Å². The van der Waals surface area contributed by atoms with Gasteiger partial charge < -0.3 is 50.9 Å². The number of carbonyl (C=O) groups excluding carboxylic acids is 4. The quantitative estimate of drug-likeness (QED) is 0.0217. The lowest BCUT2D eigenvalue weighted by molar-refractivity contribution is -0.221. The number of methoxy groups -OCH3 is 2. The van der Waals surface area contributed by atoms with Crippen LogP contribution in [0.1, 0.15) is 61.9 Å². The minimum absolute atomic E-state index is 0.261. The van der Waals surface area contributed by atoms with Crippen LogP contribution >= 0.6 is 0 Å². The molecule has 5 atom stereocenters. The molecule has 28 heteroatoms. The van der Waals surface area contributed by atoms with Crippen molar-refractivity contribution < 1.29 is 82.4 Å². The highest BCUT2D eigenvalue weighted by atomic mass is 19.4. The van der Waals surface area contributed by atoms with Gasteiger partial charge in [0.1, 0.15) is 29.5 Å². The molecule has 0 unspecified atom stereocenters. The van der Waals surface area contributed by atoms with Gasteiger partial charge in [-0.25, -0.2) is 28.4 Å². The van der Waals surface area contributed by atoms with E-state index in [2.05, 4.69) is 41.4 Å². The van der Waals surface area contributed by atoms with Gasteiger partial charge in [-0.2, -0.15) is 35.1 Å². The van der Waals surface area contributed by atoms with Crippen molar-refractivity contribution in [3.63, 3.8) is 0 Å². The van der Waals surface area contributed by atoms with E-state index in [-0.39, 0.29) is 5.56 Å². The summed E-state index contributed by atoms with van der Waals surface area (Å²) in [5, 5.41) is 28.0. The molecule has 0 saturated carbocycles. The van der Waals surface area contributed by atoms with Crippen LogP contribution < -0.4 is 31.6 Å². The maximum atomic E-state index is 15.9. The summed E-state index contributed by atoms with van der Waals surface area (Å²) in [5.41, 5.74) is -5.04. The topological polar surface area (TPSA) is 223 Å². The summed E-state index contributed by atoms with van der Waals surface area (Å²) >= 11 is 0. The van der Waals surface area contributed by atoms with Crippen LogP contribution in [0.4, 0.5) is 59.3 Å². The second kappa shape index (κ2) is 27.3. The third kappa shape index (κ3) is 16.9. The molecular formula is C52H62F10N10O8. The van der Waals surface area contributed by atoms with E-state index in [1.807, 2.05) is 16.8 Å². The van der Waals surface area contributed by atoms with Gasteiger partial charge in [0.05, 0.1) is 49.5 Å². The maximum Gasteiger partial charge on any atom is 0.407 e. The minimum atomic E-state index is -5.24. The number of hydrogen-bond acceptors (Lipinski definition) is 14. The number of pyridine rings is 1. The number of hydrogen-bond donors (Lipinski definition) is 7. The van der Waals surface area contributed by atoms with E-state index in [0.717, 1.165) is 71.9 Å². The van der Waals surface area contributed by atoms with Gasteiger partial charge in [0.25, 0.3) is 5.91 Å². The molecule has 438 valence electrons. The Morgan fingerprint density at radius 2 is 1.39 bits per heavy atom. The Balaban J connectivity index is 1.49. The standard InChI is InChI=1S/C52H62F10N10O8/c1-49(2,51(57,58)59)42(67-47(76)78-5)44(74)66-39(23-31-10-7-30(8-11-31)9-12-32-13-14-41(65-26-32)71-20-18-70(19-21-71)34-16-22-80-29-34)40(73)28-72(69-45(75)43(68-48(77)79-6)50(3,4)52(60,61)62)27-35-36(53)24-33(25-37(35)54)38(63)15-17-64-46(55)56/h7-8,10-11,13-15,17,24-26,34,39-40,42-43,46,63-64,73H,16,18-23,27-29H2,1-6H3,(H,66,74)(H,67,76)(H,68,77)(H,69,75)/b17-15-,63-38?/t34-,39-,40-,42+,43+/m0/s1. The number of alkyl carbamates (subject to hydrolysis) is 2. The monoisotopic (exact) mass is 1140 g/mol. The van der Waals surface area contributed by atoms with Gasteiger partial charge in [0, 0.05) is 86.6 Å². The van der Waals surface area contributed by atoms with Crippen LogP contribution in [0.5, 0.6) is 0 Å². The first-order valence-corrected chi connectivity index (χ1v) is 24.7. The zero-order valence-corrected chi connectivity index (χ0v) is 44.3. The molecule has 1 aromatic heterocycles. The number of aliphatic hydroxyl groups is 1. The van der Waals surface area contributed by atoms with Crippen molar-refractivity contribution >= 4 is 35.5 Å². The molecule has 2 aliphatic heterocycles. The smallest absolute Gasteiger partial charge is 0.407 e. The number of piperazine rings is 1. The average molecular weight is 1150 g/mol. The first-order chi connectivity index (χ1) is 37.4. The lowest BCUT2D eigenvalue weighted by atomic mass is 9.82. The molecule has 2 aromatic carbocycles. The van der Waals surface area contributed by atoms with E-state index in [4.69, 9.17) is 10.1 Å². The van der Waals surface area contributed by atoms with Crippen LogP contribution in [0.15, 0.2) is 67.0 Å². The molecular weight excluding hydrogens is 1080 g/mol. The number of aliphatic hydroxyl groups excluding tert-OH is 1. The predicted molar refractivity (Wildman–Crippen MR) is 270 cm³/mol. The molecule has 7 N–H and O–H groups in total. The van der Waals surface area contributed by atoms with Crippen LogP contribution in [0, 0.1) is 39.7 Å². The summed E-state index contributed by atoms with van der Waals surface area (Å²) in [6.07, 6.45) is -12.1. The Bertz CT molecular complexity index is 2700. The number of allylic oxidation sites excluding steroid dienone is 1. The summed E-state index contributed by atoms with van der Waals surface area (Å²) < 4.78 is 159. The highest BCUT2D eigenvalue weighted by Crippen LogP contribution is 2.42. The predicted octanol–water partition coefficient (Wildman–Crippen LogP) is 5.91. The Morgan fingerprint density at radius 1 is 0.838 bits per heavy atom. The fourth-order valence-corrected chi connectivity index (χ4v) is 8.40. The van der Waals surface area contributed by atoms with E-state index < -0.39 is 126 Å². The number of benzene rings is 2. The van der Waals surface area contributed by atoms with E-state index in [9.17, 15) is 59.4 Å². The van der Waals surface area contributed by atoms with Crippen LogP contribution in [0.2, 0.25) is 0 Å². The lowest BCUT2D eigenvalue weighted by Crippen LogP contribution is -2.63. The second-order valence-corrected chi connectivity index (χ2v) is 19.8. The molecule has 18 nitrogen and oxygen atoms in total. The number of alkyl halides is 8. The number of ether oxygens (including phenoxy) is 3. The van der Waals surface area contributed by atoms with Gasteiger partial charge in [-0.3, -0.25) is 19.9 Å². The number of rotatable bonds is 21. The van der Waals surface area contributed by atoms with Crippen molar-refractivity contribution in [2.75, 3.05) is 65.1 Å². The van der Waals surface area contributed by atoms with Crippen LogP contribution in [0.25, 0.3) is 0 Å². The van der Waals surface area contributed by atoms with E-state index in [0.29, 0.717) is 68.2 Å². The van der Waals surface area contributed by atoms with Gasteiger partial charge in [-0.05, 0) is 88.6 Å². The van der Waals surface area contributed by atoms with Crippen molar-refractivity contribution in [1.29, 1.82) is 5.41 Å². The minimum Gasteiger partial charge on any atom is -0.453 e. The van der Waals surface area contributed by atoms with Crippen molar-refractivity contribution in [2.24, 2.45) is 10.8 Å². The summed E-state index contributed by atoms with van der Waals surface area (Å²) in [6, 6.07) is 4.41. The largest absolute Gasteiger partial charge is 0.453 e. The van der Waals surface area contributed by atoms with Crippen molar-refractivity contribution in [3.8, 4) is 11.8 Å². The van der Waals surface area contributed by atoms with Gasteiger partial charge in [0.2, 0.25) is 5.91 Å². The summed E-state index contributed by atoms with van der Waals surface area (Å²) in [4.78, 5) is 61.9. The SMILES string of the molecule is COC(=O)N[C@H](C(=O)N[C@@H](Cc1ccc(C#Cc2ccc(N3CCN([C@H]4CCOC4)CC3)nc2)cc1)[C@@H](O)CN(Cc1c(F)cc(C(=N)/C=C\NC(F)F)cc1F)NC(=O)[C@@H](NC(=O)OC)C(C)(C)C(F)(F)F)C(C)(C)C(F)(F)F. The number of hydrazine groups is 1. The maximum absolute atomic E-state index is 15.9. The number of aromatic nitrogens is 1. The third-order valence-corrected chi connectivity index (χ3v) is 13.6. The normalized spacial score (nSPS) is 17.0. The Hall–Kier alpha value is -7.22. The van der Waals surface area contributed by atoms with Crippen molar-refractivity contribution in [1.82, 2.24) is 41.6 Å². The number of carbonyl (C=O) groups is 4. The molecule has 3 aromatic rings. The molecule has 80 heavy (non-hydrogen) atoms. The molecule has 0 radical (unpaired) electrons. The number of anilines is 1. The van der Waals surface area contributed by atoms with E-state index in [1.165, 1.54) is 24.3 Å². The fourth-order valence-electron chi connectivity index (χ4n) is 8.40. The van der Waals surface area contributed by atoms with E-state index in [1.54, 1.807) is 22.9 Å². The summed E-state index contributed by atoms with van der Waals surface area (Å²) in [6.45, 7) is 1.64. The van der Waals surface area contributed by atoms with Crippen LogP contribution in [0.3, 0.4) is 0 Å². The van der Waals surface area contributed by atoms with Crippen LogP contribution in [-0.4, -0.2) is 159 Å². The zero-order valence-electron chi connectivity index (χ0n) is 44.3. The molecule has 0 spiro atoms. The van der Waals surface area contributed by atoms with Gasteiger partial charge in [-0.1, -0.05) is 24.0 Å². The van der Waals surface area contributed by atoms with Crippen molar-refractivity contribution in [3.05, 3.63) is 106 Å². The highest BCUT2D eigenvalue weighted by molar-refractivity contribution is 6.06. The molecule has 0 aliphatic carbocycles. The molecule has 3 heterocycles. The molecule has 2 fully saturated rings. The number of halogens is 10. The summed E-state index contributed by atoms with van der Waals surface area (Å²) in [7, 11) is 1.59. The number of nitrogens with one attached hydrogen (secondary N) is 6. The highest BCUT2D eigenvalue weighted by Gasteiger charge is 2.57. The Kier molecular flexibility index (Phi) is 21.7. The summed E-state index contributed by atoms with van der Waals surface area (Å²) in [5.74, 6) is 0.575. The zero-order chi connectivity index (χ0) is 59.3. The Morgan fingerprint density at radius 3 is 1.89 bits per heavy atom. The lowest BCUT2D eigenvalue weighted by Gasteiger charge is -2.38. The third-order valence-electron chi connectivity index (χ3n) is 13.6. The average Bonchev–Trinajstić information content (AvgIpc) is 4.03. The second-order valence-electron chi connectivity index (χ2n) is 19.8. The van der Waals surface area contributed by atoms with Gasteiger partial charge in [0.15, 0.2) is 0 Å². The first kappa shape index (κ1) is 63.6. The van der Waals surface area contributed by atoms with E-state index >= 15 is 8.78 Å². The van der Waals surface area contributed by atoms with Gasteiger partial charge >= 0.3 is 31.1 Å². The van der Waals surface area contributed by atoms with Gasteiger partial charge in [-0.15, -0.1) is 0 Å². The molecule has 0 bridgehead atoms. The molecule has 4 amide bonds. The number of nitrogens with zero attached hydrogens (tertiary/aromatic N) is 4. The molecule has 2 saturated heterocycles. The first-order valence-electron chi connectivity index (χ1n) is 24.7. The van der Waals surface area contributed by atoms with Crippen molar-refractivity contribution in [2.45, 2.75) is 96.3 Å².